The van der Waals surface area contributed by atoms with Gasteiger partial charge < -0.3 is 15.4 Å². The molecule has 0 fully saturated rings. The van der Waals surface area contributed by atoms with Crippen molar-refractivity contribution in [3.05, 3.63) is 59.7 Å². The van der Waals surface area contributed by atoms with E-state index in [1.807, 2.05) is 31.2 Å². The predicted octanol–water partition coefficient (Wildman–Crippen LogP) is 4.53. The van der Waals surface area contributed by atoms with Crippen LogP contribution in [-0.2, 0) is 10.2 Å². The first-order chi connectivity index (χ1) is 13.4. The van der Waals surface area contributed by atoms with Crippen LogP contribution in [0.15, 0.2) is 48.5 Å². The first-order valence-corrected chi connectivity index (χ1v) is 9.77. The van der Waals surface area contributed by atoms with Gasteiger partial charge in [-0.1, -0.05) is 52.0 Å². The summed E-state index contributed by atoms with van der Waals surface area (Å²) in [7, 11) is 0. The minimum absolute atomic E-state index is 0.109. The lowest BCUT2D eigenvalue weighted by Crippen LogP contribution is -2.27. The van der Waals surface area contributed by atoms with Gasteiger partial charge in [0.15, 0.2) is 6.61 Å². The van der Waals surface area contributed by atoms with Crippen molar-refractivity contribution in [3.63, 3.8) is 0 Å². The minimum atomic E-state index is -0.311. The lowest BCUT2D eigenvalue weighted by atomic mass is 9.82. The third kappa shape index (κ3) is 5.84. The van der Waals surface area contributed by atoms with Crippen molar-refractivity contribution in [1.82, 2.24) is 5.32 Å². The summed E-state index contributed by atoms with van der Waals surface area (Å²) in [6, 6.07) is 14.8. The summed E-state index contributed by atoms with van der Waals surface area (Å²) in [4.78, 5) is 24.5. The maximum absolute atomic E-state index is 12.3. The fourth-order valence-corrected chi connectivity index (χ4v) is 2.67. The number of carbonyl (C=O) groups excluding carboxylic acids is 2. The molecule has 0 aromatic heterocycles. The molecule has 2 aromatic carbocycles. The smallest absolute Gasteiger partial charge is 0.262 e. The second-order valence-corrected chi connectivity index (χ2v) is 7.40. The van der Waals surface area contributed by atoms with E-state index >= 15 is 0 Å². The lowest BCUT2D eigenvalue weighted by Gasteiger charge is -2.23. The van der Waals surface area contributed by atoms with Crippen LogP contribution in [0, 0.1) is 0 Å². The van der Waals surface area contributed by atoms with Crippen LogP contribution in [0.1, 0.15) is 56.5 Å². The van der Waals surface area contributed by atoms with Crippen molar-refractivity contribution < 1.29 is 14.3 Å². The molecule has 0 heterocycles. The highest BCUT2D eigenvalue weighted by Gasteiger charge is 2.18. The number of rotatable bonds is 9. The van der Waals surface area contributed by atoms with Crippen molar-refractivity contribution in [2.45, 2.75) is 46.0 Å². The molecule has 0 unspecified atom stereocenters. The molecule has 2 aromatic rings. The zero-order valence-electron chi connectivity index (χ0n) is 17.2. The van der Waals surface area contributed by atoms with Gasteiger partial charge >= 0.3 is 0 Å². The summed E-state index contributed by atoms with van der Waals surface area (Å²) in [5.41, 5.74) is 2.26. The molecule has 0 aliphatic rings. The Labute approximate surface area is 167 Å². The lowest BCUT2D eigenvalue weighted by molar-refractivity contribution is -0.118. The van der Waals surface area contributed by atoms with E-state index in [0.29, 0.717) is 23.5 Å². The van der Waals surface area contributed by atoms with Crippen LogP contribution in [0.4, 0.5) is 5.69 Å². The van der Waals surface area contributed by atoms with Crippen molar-refractivity contribution in [1.29, 1.82) is 0 Å². The van der Waals surface area contributed by atoms with Crippen LogP contribution >= 0.6 is 0 Å². The third-order valence-corrected chi connectivity index (χ3v) is 4.87. The van der Waals surface area contributed by atoms with Crippen LogP contribution < -0.4 is 15.4 Å². The Morgan fingerprint density at radius 1 is 1.00 bits per heavy atom. The van der Waals surface area contributed by atoms with Crippen LogP contribution in [0.2, 0.25) is 0 Å². The highest BCUT2D eigenvalue weighted by molar-refractivity contribution is 6.04. The molecular formula is C23H30N2O3. The van der Waals surface area contributed by atoms with E-state index in [1.165, 1.54) is 5.56 Å². The Morgan fingerprint density at radius 2 is 1.68 bits per heavy atom. The Kier molecular flexibility index (Phi) is 7.61. The normalized spacial score (nSPS) is 11.0. The molecule has 5 heteroatoms. The van der Waals surface area contributed by atoms with Gasteiger partial charge in [-0.05, 0) is 48.1 Å². The number of carbonyl (C=O) groups is 2. The fourth-order valence-electron chi connectivity index (χ4n) is 2.67. The van der Waals surface area contributed by atoms with Crippen molar-refractivity contribution in [3.8, 4) is 5.75 Å². The molecule has 150 valence electrons. The first kappa shape index (κ1) is 21.5. The maximum atomic E-state index is 12.3. The number of para-hydroxylation sites is 1. The van der Waals surface area contributed by atoms with Crippen LogP contribution in [0.25, 0.3) is 0 Å². The topological polar surface area (TPSA) is 67.4 Å². The quantitative estimate of drug-likeness (QED) is 0.669. The molecule has 0 atom stereocenters. The molecule has 2 amide bonds. The Hall–Kier alpha value is -2.82. The van der Waals surface area contributed by atoms with E-state index in [4.69, 9.17) is 4.74 Å². The highest BCUT2D eigenvalue weighted by Crippen LogP contribution is 2.28. The summed E-state index contributed by atoms with van der Waals surface area (Å²) < 4.78 is 5.59. The average Bonchev–Trinajstić information content (AvgIpc) is 2.71. The summed E-state index contributed by atoms with van der Waals surface area (Å²) in [5.74, 6) is 0.126. The minimum Gasteiger partial charge on any atom is -0.484 e. The van der Waals surface area contributed by atoms with Gasteiger partial charge in [-0.25, -0.2) is 0 Å². The number of ether oxygens (including phenoxy) is 1. The zero-order valence-corrected chi connectivity index (χ0v) is 17.2. The monoisotopic (exact) mass is 382 g/mol. The Balaban J connectivity index is 1.95. The molecule has 0 saturated heterocycles. The molecule has 2 rings (SSSR count). The molecule has 28 heavy (non-hydrogen) atoms. The average molecular weight is 383 g/mol. The van der Waals surface area contributed by atoms with E-state index in [1.54, 1.807) is 24.3 Å². The predicted molar refractivity (Wildman–Crippen MR) is 113 cm³/mol. The number of hydrogen-bond donors (Lipinski definition) is 2. The molecule has 5 nitrogen and oxygen atoms in total. The van der Waals surface area contributed by atoms with E-state index in [-0.39, 0.29) is 23.8 Å². The SMILES string of the molecule is CCCNC(=O)c1ccccc1NC(=O)COc1ccc(C(C)(C)CC)cc1. The zero-order chi connectivity index (χ0) is 20.6. The molecule has 0 radical (unpaired) electrons. The van der Waals surface area contributed by atoms with Gasteiger partial charge in [0, 0.05) is 6.54 Å². The van der Waals surface area contributed by atoms with Gasteiger partial charge in [-0.15, -0.1) is 0 Å². The van der Waals surface area contributed by atoms with E-state index < -0.39 is 0 Å². The van der Waals surface area contributed by atoms with Crippen LogP contribution in [-0.4, -0.2) is 25.0 Å². The van der Waals surface area contributed by atoms with E-state index in [0.717, 1.165) is 12.8 Å². The number of nitrogens with one attached hydrogen (secondary N) is 2. The van der Waals surface area contributed by atoms with Crippen LogP contribution in [0.3, 0.4) is 0 Å². The molecule has 0 aliphatic heterocycles. The van der Waals surface area contributed by atoms with E-state index in [9.17, 15) is 9.59 Å². The summed E-state index contributed by atoms with van der Waals surface area (Å²) in [6.07, 6.45) is 1.89. The van der Waals surface area contributed by atoms with Gasteiger partial charge in [0.05, 0.1) is 11.3 Å². The van der Waals surface area contributed by atoms with Crippen LogP contribution in [0.5, 0.6) is 5.75 Å². The van der Waals surface area contributed by atoms with E-state index in [2.05, 4.69) is 31.4 Å². The second-order valence-electron chi connectivity index (χ2n) is 7.40. The van der Waals surface area contributed by atoms with Crippen molar-refractivity contribution in [2.24, 2.45) is 0 Å². The second kappa shape index (κ2) is 9.93. The highest BCUT2D eigenvalue weighted by atomic mass is 16.5. The standard InChI is InChI=1S/C23H30N2O3/c1-5-15-24-22(27)19-9-7-8-10-20(19)25-21(26)16-28-18-13-11-17(12-14-18)23(3,4)6-2/h7-14H,5-6,15-16H2,1-4H3,(H,24,27)(H,25,26). The first-order valence-electron chi connectivity index (χ1n) is 9.77. The number of benzene rings is 2. The number of hydrogen-bond acceptors (Lipinski definition) is 3. The van der Waals surface area contributed by atoms with Gasteiger partial charge in [-0.3, -0.25) is 9.59 Å². The molecule has 0 aliphatic carbocycles. The summed E-state index contributed by atoms with van der Waals surface area (Å²) >= 11 is 0. The Bertz CT molecular complexity index is 798. The largest absolute Gasteiger partial charge is 0.484 e. The third-order valence-electron chi connectivity index (χ3n) is 4.87. The summed E-state index contributed by atoms with van der Waals surface area (Å²) in [5, 5.41) is 5.58. The molecule has 0 saturated carbocycles. The van der Waals surface area contributed by atoms with Crippen molar-refractivity contribution in [2.75, 3.05) is 18.5 Å². The number of anilines is 1. The summed E-state index contributed by atoms with van der Waals surface area (Å²) in [6.45, 7) is 9.02. The number of amides is 2. The van der Waals surface area contributed by atoms with Gasteiger partial charge in [0.1, 0.15) is 5.75 Å². The van der Waals surface area contributed by atoms with Gasteiger partial charge in [-0.2, -0.15) is 0 Å². The van der Waals surface area contributed by atoms with Gasteiger partial charge in [0.2, 0.25) is 0 Å². The Morgan fingerprint density at radius 3 is 2.32 bits per heavy atom. The van der Waals surface area contributed by atoms with Crippen molar-refractivity contribution >= 4 is 17.5 Å². The molecular weight excluding hydrogens is 352 g/mol. The maximum Gasteiger partial charge on any atom is 0.262 e. The fraction of sp³-hybridized carbons (Fsp3) is 0.391. The molecule has 0 spiro atoms. The molecule has 0 bridgehead atoms. The molecule has 2 N–H and O–H groups in total. The van der Waals surface area contributed by atoms with Gasteiger partial charge in [0.25, 0.3) is 11.8 Å².